The molecule has 0 atom stereocenters. The molecular weight excluding hydrogens is 364 g/mol. The van der Waals surface area contributed by atoms with E-state index in [0.29, 0.717) is 22.3 Å². The largest absolute Gasteiger partial charge is 0.495 e. The Morgan fingerprint density at radius 1 is 1.04 bits per heavy atom. The van der Waals surface area contributed by atoms with Gasteiger partial charge in [0.25, 0.3) is 5.91 Å². The van der Waals surface area contributed by atoms with Gasteiger partial charge in [-0.05, 0) is 49.2 Å². The van der Waals surface area contributed by atoms with Gasteiger partial charge in [0.2, 0.25) is 0 Å². The van der Waals surface area contributed by atoms with E-state index in [1.165, 1.54) is 6.33 Å². The molecule has 138 valence electrons. The van der Waals surface area contributed by atoms with Crippen molar-refractivity contribution in [1.29, 1.82) is 0 Å². The van der Waals surface area contributed by atoms with Crippen LogP contribution in [0.2, 0.25) is 5.02 Å². The highest BCUT2D eigenvalue weighted by molar-refractivity contribution is 6.31. The summed E-state index contributed by atoms with van der Waals surface area (Å²) in [5.74, 6) is 0.753. The molecule has 7 heteroatoms. The first kappa shape index (κ1) is 18.7. The van der Waals surface area contributed by atoms with E-state index in [1.807, 2.05) is 32.0 Å². The van der Waals surface area contributed by atoms with E-state index in [2.05, 4.69) is 20.6 Å². The molecule has 0 unspecified atom stereocenters. The molecule has 0 radical (unpaired) electrons. The molecule has 0 saturated heterocycles. The second-order valence-electron chi connectivity index (χ2n) is 6.03. The van der Waals surface area contributed by atoms with Gasteiger partial charge in [-0.1, -0.05) is 23.7 Å². The standard InChI is InChI=1S/C20H19ClN4O2/c1-12-4-5-13(2)15(8-12)25-20(26)17-10-19(23-11-22-17)24-16-9-14(21)6-7-18(16)27-3/h4-11H,1-3H3,(H,25,26)(H,22,23,24). The van der Waals surface area contributed by atoms with E-state index in [0.717, 1.165) is 16.8 Å². The number of aryl methyl sites for hydroxylation is 2. The Labute approximate surface area is 162 Å². The highest BCUT2D eigenvalue weighted by Gasteiger charge is 2.12. The first-order chi connectivity index (χ1) is 13.0. The molecular formula is C20H19ClN4O2. The quantitative estimate of drug-likeness (QED) is 0.665. The Bertz CT molecular complexity index is 991. The Morgan fingerprint density at radius 2 is 1.85 bits per heavy atom. The number of amides is 1. The van der Waals surface area contributed by atoms with Crippen LogP contribution in [0.15, 0.2) is 48.8 Å². The minimum Gasteiger partial charge on any atom is -0.495 e. The summed E-state index contributed by atoms with van der Waals surface area (Å²) in [5, 5.41) is 6.55. The van der Waals surface area contributed by atoms with E-state index in [9.17, 15) is 4.79 Å². The third-order valence-electron chi connectivity index (χ3n) is 3.97. The number of nitrogens with zero attached hydrogens (tertiary/aromatic N) is 2. The van der Waals surface area contributed by atoms with Crippen LogP contribution in [-0.4, -0.2) is 23.0 Å². The van der Waals surface area contributed by atoms with Crippen LogP contribution in [0.1, 0.15) is 21.6 Å². The molecule has 6 nitrogen and oxygen atoms in total. The Balaban J connectivity index is 1.82. The van der Waals surface area contributed by atoms with Gasteiger partial charge in [0, 0.05) is 16.8 Å². The summed E-state index contributed by atoms with van der Waals surface area (Å²) < 4.78 is 5.31. The lowest BCUT2D eigenvalue weighted by Crippen LogP contribution is -2.15. The Kier molecular flexibility index (Phi) is 5.57. The topological polar surface area (TPSA) is 76.1 Å². The number of benzene rings is 2. The lowest BCUT2D eigenvalue weighted by molar-refractivity contribution is 0.102. The van der Waals surface area contributed by atoms with Crippen LogP contribution >= 0.6 is 11.6 Å². The van der Waals surface area contributed by atoms with Gasteiger partial charge in [-0.15, -0.1) is 0 Å². The number of anilines is 3. The van der Waals surface area contributed by atoms with Gasteiger partial charge in [-0.25, -0.2) is 9.97 Å². The number of halogens is 1. The highest BCUT2D eigenvalue weighted by Crippen LogP contribution is 2.30. The smallest absolute Gasteiger partial charge is 0.274 e. The van der Waals surface area contributed by atoms with E-state index in [4.69, 9.17) is 16.3 Å². The lowest BCUT2D eigenvalue weighted by atomic mass is 10.1. The normalized spacial score (nSPS) is 10.4. The molecule has 0 aliphatic carbocycles. The zero-order valence-corrected chi connectivity index (χ0v) is 16.0. The average molecular weight is 383 g/mol. The van der Waals surface area contributed by atoms with Crippen LogP contribution in [0.4, 0.5) is 17.2 Å². The fourth-order valence-electron chi connectivity index (χ4n) is 2.52. The number of carbonyl (C=O) groups excluding carboxylic acids is 1. The van der Waals surface area contributed by atoms with Crippen molar-refractivity contribution in [3.63, 3.8) is 0 Å². The van der Waals surface area contributed by atoms with Crippen LogP contribution < -0.4 is 15.4 Å². The zero-order valence-electron chi connectivity index (χ0n) is 15.2. The molecule has 27 heavy (non-hydrogen) atoms. The highest BCUT2D eigenvalue weighted by atomic mass is 35.5. The molecule has 0 fully saturated rings. The molecule has 0 saturated carbocycles. The molecule has 1 amide bonds. The predicted molar refractivity (Wildman–Crippen MR) is 107 cm³/mol. The maximum atomic E-state index is 12.6. The monoisotopic (exact) mass is 382 g/mol. The lowest BCUT2D eigenvalue weighted by Gasteiger charge is -2.12. The molecule has 1 heterocycles. The maximum absolute atomic E-state index is 12.6. The van der Waals surface area contributed by atoms with Crippen LogP contribution in [-0.2, 0) is 0 Å². The molecule has 1 aromatic heterocycles. The van der Waals surface area contributed by atoms with Crippen LogP contribution in [0.25, 0.3) is 0 Å². The second kappa shape index (κ2) is 8.05. The van der Waals surface area contributed by atoms with Gasteiger partial charge < -0.3 is 15.4 Å². The van der Waals surface area contributed by atoms with Crippen molar-refractivity contribution in [3.8, 4) is 5.75 Å². The van der Waals surface area contributed by atoms with E-state index in [1.54, 1.807) is 31.4 Å². The van der Waals surface area contributed by atoms with Gasteiger partial charge >= 0.3 is 0 Å². The van der Waals surface area contributed by atoms with Gasteiger partial charge in [0.15, 0.2) is 0 Å². The molecule has 0 spiro atoms. The van der Waals surface area contributed by atoms with E-state index < -0.39 is 0 Å². The van der Waals surface area contributed by atoms with Gasteiger partial charge in [-0.3, -0.25) is 4.79 Å². The number of rotatable bonds is 5. The van der Waals surface area contributed by atoms with Gasteiger partial charge in [0.05, 0.1) is 12.8 Å². The van der Waals surface area contributed by atoms with Crippen LogP contribution in [0, 0.1) is 13.8 Å². The van der Waals surface area contributed by atoms with Crippen molar-refractivity contribution in [1.82, 2.24) is 9.97 Å². The minimum atomic E-state index is -0.313. The number of nitrogens with one attached hydrogen (secondary N) is 2. The molecule has 3 aromatic rings. The number of carbonyl (C=O) groups is 1. The van der Waals surface area contributed by atoms with Crippen molar-refractivity contribution >= 4 is 34.7 Å². The fourth-order valence-corrected chi connectivity index (χ4v) is 2.69. The summed E-state index contributed by atoms with van der Waals surface area (Å²) in [5.41, 5.74) is 3.68. The summed E-state index contributed by atoms with van der Waals surface area (Å²) in [6, 6.07) is 12.7. The first-order valence-corrected chi connectivity index (χ1v) is 8.65. The predicted octanol–water partition coefficient (Wildman–Crippen LogP) is 4.75. The fraction of sp³-hybridized carbons (Fsp3) is 0.150. The van der Waals surface area contributed by atoms with E-state index in [-0.39, 0.29) is 11.6 Å². The van der Waals surface area contributed by atoms with Gasteiger partial charge in [0.1, 0.15) is 23.6 Å². The average Bonchev–Trinajstić information content (AvgIpc) is 2.65. The van der Waals surface area contributed by atoms with Crippen LogP contribution in [0.5, 0.6) is 5.75 Å². The third kappa shape index (κ3) is 4.54. The third-order valence-corrected chi connectivity index (χ3v) is 4.20. The van der Waals surface area contributed by atoms with Crippen LogP contribution in [0.3, 0.4) is 0 Å². The summed E-state index contributed by atoms with van der Waals surface area (Å²) in [6.45, 7) is 3.91. The minimum absolute atomic E-state index is 0.245. The Morgan fingerprint density at radius 3 is 2.63 bits per heavy atom. The van der Waals surface area contributed by atoms with Gasteiger partial charge in [-0.2, -0.15) is 0 Å². The molecule has 0 bridgehead atoms. The van der Waals surface area contributed by atoms with Crippen molar-refractivity contribution < 1.29 is 9.53 Å². The summed E-state index contributed by atoms with van der Waals surface area (Å²) in [7, 11) is 1.57. The number of aromatic nitrogens is 2. The molecule has 2 aromatic carbocycles. The zero-order chi connectivity index (χ0) is 19.4. The summed E-state index contributed by atoms with van der Waals surface area (Å²) >= 11 is 6.05. The SMILES string of the molecule is COc1ccc(Cl)cc1Nc1cc(C(=O)Nc2cc(C)ccc2C)ncn1. The van der Waals surface area contributed by atoms with Crippen molar-refractivity contribution in [3.05, 3.63) is 70.6 Å². The first-order valence-electron chi connectivity index (χ1n) is 8.27. The molecule has 2 N–H and O–H groups in total. The summed E-state index contributed by atoms with van der Waals surface area (Å²) in [6.07, 6.45) is 1.33. The molecule has 0 aliphatic heterocycles. The number of methoxy groups -OCH3 is 1. The maximum Gasteiger partial charge on any atom is 0.274 e. The molecule has 0 aliphatic rings. The summed E-state index contributed by atoms with van der Waals surface area (Å²) in [4.78, 5) is 20.8. The van der Waals surface area contributed by atoms with Crippen molar-refractivity contribution in [2.75, 3.05) is 17.7 Å². The van der Waals surface area contributed by atoms with Crippen molar-refractivity contribution in [2.45, 2.75) is 13.8 Å². The van der Waals surface area contributed by atoms with Crippen molar-refractivity contribution in [2.24, 2.45) is 0 Å². The number of hydrogen-bond donors (Lipinski definition) is 2. The number of hydrogen-bond acceptors (Lipinski definition) is 5. The number of ether oxygens (including phenoxy) is 1. The van der Waals surface area contributed by atoms with E-state index >= 15 is 0 Å². The molecule has 3 rings (SSSR count). The Hall–Kier alpha value is -3.12. The second-order valence-corrected chi connectivity index (χ2v) is 6.47.